The second-order valence-corrected chi connectivity index (χ2v) is 6.69. The Morgan fingerprint density at radius 1 is 0.964 bits per heavy atom. The van der Waals surface area contributed by atoms with E-state index < -0.39 is 0 Å². The van der Waals surface area contributed by atoms with Crippen LogP contribution in [0, 0.1) is 6.92 Å². The number of hydrogen-bond donors (Lipinski definition) is 1. The molecule has 28 heavy (non-hydrogen) atoms. The molecule has 0 saturated carbocycles. The zero-order valence-electron chi connectivity index (χ0n) is 16.4. The maximum absolute atomic E-state index is 12.7. The van der Waals surface area contributed by atoms with Crippen LogP contribution in [0.15, 0.2) is 72.8 Å². The summed E-state index contributed by atoms with van der Waals surface area (Å²) in [6.45, 7) is 4.30. The van der Waals surface area contributed by atoms with Crippen LogP contribution in [-0.2, 0) is 6.61 Å². The van der Waals surface area contributed by atoms with Crippen molar-refractivity contribution in [2.45, 2.75) is 26.5 Å². The summed E-state index contributed by atoms with van der Waals surface area (Å²) in [6, 6.07) is 23.0. The van der Waals surface area contributed by atoms with Crippen LogP contribution in [0.25, 0.3) is 0 Å². The quantitative estimate of drug-likeness (QED) is 0.627. The molecule has 3 rings (SSSR count). The number of carbonyl (C=O) groups is 1. The van der Waals surface area contributed by atoms with Crippen molar-refractivity contribution in [3.05, 3.63) is 95.1 Å². The second-order valence-electron chi connectivity index (χ2n) is 6.69. The number of nitrogens with one attached hydrogen (secondary N) is 1. The highest BCUT2D eigenvalue weighted by atomic mass is 16.5. The highest BCUT2D eigenvalue weighted by Gasteiger charge is 2.14. The predicted molar refractivity (Wildman–Crippen MR) is 111 cm³/mol. The number of rotatable bonds is 7. The van der Waals surface area contributed by atoms with Crippen molar-refractivity contribution >= 4 is 5.91 Å². The summed E-state index contributed by atoms with van der Waals surface area (Å²) >= 11 is 0. The molecule has 0 aliphatic rings. The third-order valence-electron chi connectivity index (χ3n) is 4.67. The zero-order valence-corrected chi connectivity index (χ0v) is 16.4. The van der Waals surface area contributed by atoms with Crippen LogP contribution in [0.3, 0.4) is 0 Å². The van der Waals surface area contributed by atoms with Gasteiger partial charge in [-0.05, 0) is 49.2 Å². The van der Waals surface area contributed by atoms with Gasteiger partial charge in [-0.1, -0.05) is 48.5 Å². The van der Waals surface area contributed by atoms with Gasteiger partial charge in [0.15, 0.2) is 0 Å². The monoisotopic (exact) mass is 375 g/mol. The average Bonchev–Trinajstić information content (AvgIpc) is 2.73. The summed E-state index contributed by atoms with van der Waals surface area (Å²) in [5.74, 6) is 1.38. The van der Waals surface area contributed by atoms with Crippen LogP contribution < -0.4 is 14.8 Å². The van der Waals surface area contributed by atoms with Crippen molar-refractivity contribution in [1.29, 1.82) is 0 Å². The first kappa shape index (κ1) is 19.5. The minimum atomic E-state index is -0.129. The number of para-hydroxylation sites is 1. The van der Waals surface area contributed by atoms with Gasteiger partial charge in [0.1, 0.15) is 18.1 Å². The zero-order chi connectivity index (χ0) is 19.9. The average molecular weight is 375 g/mol. The molecule has 1 atom stereocenters. The van der Waals surface area contributed by atoms with Gasteiger partial charge in [-0.2, -0.15) is 0 Å². The summed E-state index contributed by atoms with van der Waals surface area (Å²) in [4.78, 5) is 12.7. The fraction of sp³-hybridized carbons (Fsp3) is 0.208. The third kappa shape index (κ3) is 4.71. The molecule has 144 valence electrons. The van der Waals surface area contributed by atoms with Gasteiger partial charge in [0.25, 0.3) is 5.91 Å². The molecule has 0 unspecified atom stereocenters. The van der Waals surface area contributed by atoms with E-state index in [9.17, 15) is 4.79 Å². The molecule has 4 heteroatoms. The SMILES string of the molecule is COc1ccc(C(=O)N[C@@H](C)c2ccccc2)cc1COc1ccccc1C. The first-order valence-electron chi connectivity index (χ1n) is 9.29. The Morgan fingerprint density at radius 2 is 1.68 bits per heavy atom. The highest BCUT2D eigenvalue weighted by molar-refractivity contribution is 5.94. The Labute approximate surface area is 166 Å². The molecule has 0 aliphatic heterocycles. The Hall–Kier alpha value is -3.27. The molecule has 3 aromatic rings. The fourth-order valence-corrected chi connectivity index (χ4v) is 3.01. The lowest BCUT2D eigenvalue weighted by Gasteiger charge is -2.16. The van der Waals surface area contributed by atoms with Crippen molar-refractivity contribution in [1.82, 2.24) is 5.32 Å². The van der Waals surface area contributed by atoms with Crippen LogP contribution in [0.1, 0.15) is 40.0 Å². The molecule has 0 heterocycles. The number of hydrogen-bond acceptors (Lipinski definition) is 3. The standard InChI is InChI=1S/C24H25NO3/c1-17-9-7-8-12-22(17)28-16-21-15-20(13-14-23(21)27-3)24(26)25-18(2)19-10-5-4-6-11-19/h4-15,18H,16H2,1-3H3,(H,25,26)/t18-/m0/s1. The van der Waals surface area contributed by atoms with Crippen LogP contribution in [-0.4, -0.2) is 13.0 Å². The topological polar surface area (TPSA) is 47.6 Å². The lowest BCUT2D eigenvalue weighted by atomic mass is 10.1. The molecule has 4 nitrogen and oxygen atoms in total. The van der Waals surface area contributed by atoms with Crippen molar-refractivity contribution in [2.75, 3.05) is 7.11 Å². The summed E-state index contributed by atoms with van der Waals surface area (Å²) in [6.07, 6.45) is 0. The number of carbonyl (C=O) groups excluding carboxylic acids is 1. The molecule has 0 aliphatic carbocycles. The van der Waals surface area contributed by atoms with Crippen LogP contribution in [0.5, 0.6) is 11.5 Å². The van der Waals surface area contributed by atoms with Gasteiger partial charge < -0.3 is 14.8 Å². The van der Waals surface area contributed by atoms with Crippen molar-refractivity contribution in [2.24, 2.45) is 0 Å². The van der Waals surface area contributed by atoms with E-state index in [2.05, 4.69) is 5.32 Å². The molecule has 0 saturated heterocycles. The highest BCUT2D eigenvalue weighted by Crippen LogP contribution is 2.24. The Bertz CT molecular complexity index is 938. The van der Waals surface area contributed by atoms with Crippen LogP contribution in [0.2, 0.25) is 0 Å². The minimum Gasteiger partial charge on any atom is -0.496 e. The van der Waals surface area contributed by atoms with E-state index in [1.807, 2.05) is 74.5 Å². The number of methoxy groups -OCH3 is 1. The third-order valence-corrected chi connectivity index (χ3v) is 4.67. The Morgan fingerprint density at radius 3 is 2.39 bits per heavy atom. The number of benzene rings is 3. The molecular weight excluding hydrogens is 350 g/mol. The van der Waals surface area contributed by atoms with Gasteiger partial charge in [-0.25, -0.2) is 0 Å². The van der Waals surface area contributed by atoms with Crippen LogP contribution >= 0.6 is 0 Å². The molecule has 0 bridgehead atoms. The fourth-order valence-electron chi connectivity index (χ4n) is 3.01. The predicted octanol–water partition coefficient (Wildman–Crippen LogP) is 5.07. The summed E-state index contributed by atoms with van der Waals surface area (Å²) in [7, 11) is 1.61. The molecule has 0 fully saturated rings. The Balaban J connectivity index is 1.74. The van der Waals surface area contributed by atoms with E-state index in [1.165, 1.54) is 0 Å². The second kappa shape index (κ2) is 9.09. The molecular formula is C24H25NO3. The van der Waals surface area contributed by atoms with Crippen molar-refractivity contribution in [3.63, 3.8) is 0 Å². The molecule has 1 amide bonds. The van der Waals surface area contributed by atoms with Crippen molar-refractivity contribution < 1.29 is 14.3 Å². The normalized spacial score (nSPS) is 11.5. The van der Waals surface area contributed by atoms with E-state index >= 15 is 0 Å². The van der Waals surface area contributed by atoms with E-state index in [1.54, 1.807) is 19.2 Å². The molecule has 1 N–H and O–H groups in total. The molecule has 3 aromatic carbocycles. The maximum atomic E-state index is 12.7. The van der Waals surface area contributed by atoms with E-state index in [-0.39, 0.29) is 11.9 Å². The maximum Gasteiger partial charge on any atom is 0.251 e. The van der Waals surface area contributed by atoms with Gasteiger partial charge in [-0.3, -0.25) is 4.79 Å². The van der Waals surface area contributed by atoms with Gasteiger partial charge in [0.2, 0.25) is 0 Å². The lowest BCUT2D eigenvalue weighted by Crippen LogP contribution is -2.26. The van der Waals surface area contributed by atoms with Gasteiger partial charge in [-0.15, -0.1) is 0 Å². The minimum absolute atomic E-state index is 0.0810. The van der Waals surface area contributed by atoms with E-state index in [0.29, 0.717) is 17.9 Å². The van der Waals surface area contributed by atoms with Gasteiger partial charge in [0, 0.05) is 11.1 Å². The summed E-state index contributed by atoms with van der Waals surface area (Å²) in [5, 5.41) is 3.04. The van der Waals surface area contributed by atoms with Gasteiger partial charge >= 0.3 is 0 Å². The summed E-state index contributed by atoms with van der Waals surface area (Å²) < 4.78 is 11.4. The Kier molecular flexibility index (Phi) is 6.33. The summed E-state index contributed by atoms with van der Waals surface area (Å²) in [5.41, 5.74) is 3.53. The largest absolute Gasteiger partial charge is 0.496 e. The number of amides is 1. The van der Waals surface area contributed by atoms with Crippen LogP contribution in [0.4, 0.5) is 0 Å². The molecule has 0 aromatic heterocycles. The molecule has 0 spiro atoms. The lowest BCUT2D eigenvalue weighted by molar-refractivity contribution is 0.0939. The van der Waals surface area contributed by atoms with E-state index in [0.717, 1.165) is 22.4 Å². The smallest absolute Gasteiger partial charge is 0.251 e. The first-order chi connectivity index (χ1) is 13.6. The van der Waals surface area contributed by atoms with Gasteiger partial charge in [0.05, 0.1) is 13.2 Å². The number of aryl methyl sites for hydroxylation is 1. The van der Waals surface area contributed by atoms with Crippen molar-refractivity contribution in [3.8, 4) is 11.5 Å². The first-order valence-corrected chi connectivity index (χ1v) is 9.29. The molecule has 0 radical (unpaired) electrons. The number of ether oxygens (including phenoxy) is 2. The van der Waals surface area contributed by atoms with E-state index in [4.69, 9.17) is 9.47 Å².